The number of thiocarbonyl (C=S) groups is 1. The quantitative estimate of drug-likeness (QED) is 0.410. The fraction of sp³-hybridized carbons (Fsp3) is 0.423. The van der Waals surface area contributed by atoms with Gasteiger partial charge in [-0.3, -0.25) is 14.9 Å². The minimum Gasteiger partial charge on any atom is -0.494 e. The Kier molecular flexibility index (Phi) is 9.24. The Hall–Kier alpha value is -2.93. The van der Waals surface area contributed by atoms with Crippen LogP contribution in [0.15, 0.2) is 48.5 Å². The van der Waals surface area contributed by atoms with E-state index in [1.807, 2.05) is 17.0 Å². The van der Waals surface area contributed by atoms with Gasteiger partial charge >= 0.3 is 0 Å². The molecule has 0 aliphatic carbocycles. The summed E-state index contributed by atoms with van der Waals surface area (Å²) >= 11 is 5.35. The summed E-state index contributed by atoms with van der Waals surface area (Å²) < 4.78 is 5.69. The van der Waals surface area contributed by atoms with Crippen molar-refractivity contribution in [2.75, 3.05) is 25.0 Å². The van der Waals surface area contributed by atoms with Gasteiger partial charge in [0, 0.05) is 18.7 Å². The van der Waals surface area contributed by atoms with Crippen LogP contribution in [0.1, 0.15) is 66.7 Å². The lowest BCUT2D eigenvalue weighted by Crippen LogP contribution is -2.39. The number of hydrogen-bond acceptors (Lipinski definition) is 4. The second-order valence-corrected chi connectivity index (χ2v) is 8.92. The maximum Gasteiger partial charge on any atom is 0.257 e. The molecule has 1 saturated heterocycles. The highest BCUT2D eigenvalue weighted by Crippen LogP contribution is 2.22. The van der Waals surface area contributed by atoms with Gasteiger partial charge in [0.05, 0.1) is 17.9 Å². The summed E-state index contributed by atoms with van der Waals surface area (Å²) in [5.74, 6) is 1.04. The lowest BCUT2D eigenvalue weighted by atomic mass is 9.98. The van der Waals surface area contributed by atoms with Crippen LogP contribution in [0.5, 0.6) is 5.75 Å². The van der Waals surface area contributed by atoms with Crippen LogP contribution in [0.25, 0.3) is 0 Å². The zero-order valence-corrected chi connectivity index (χ0v) is 20.2. The molecule has 0 saturated carbocycles. The van der Waals surface area contributed by atoms with Crippen molar-refractivity contribution in [2.24, 2.45) is 5.92 Å². The zero-order chi connectivity index (χ0) is 23.6. The Balaban J connectivity index is 1.56. The summed E-state index contributed by atoms with van der Waals surface area (Å²) in [4.78, 5) is 27.5. The van der Waals surface area contributed by atoms with Gasteiger partial charge in [-0.2, -0.15) is 0 Å². The van der Waals surface area contributed by atoms with Crippen molar-refractivity contribution in [1.82, 2.24) is 10.2 Å². The normalized spacial score (nSPS) is 13.9. The molecule has 33 heavy (non-hydrogen) atoms. The third-order valence-corrected chi connectivity index (χ3v) is 6.04. The highest BCUT2D eigenvalue weighted by atomic mass is 32.1. The summed E-state index contributed by atoms with van der Waals surface area (Å²) in [7, 11) is 0. The first-order chi connectivity index (χ1) is 16.0. The van der Waals surface area contributed by atoms with E-state index in [0.29, 0.717) is 29.3 Å². The lowest BCUT2D eigenvalue weighted by molar-refractivity contribution is 0.0698. The number of piperidine rings is 1. The fourth-order valence-corrected chi connectivity index (χ4v) is 3.94. The van der Waals surface area contributed by atoms with E-state index in [1.54, 1.807) is 36.4 Å². The Bertz CT molecular complexity index is 954. The number of para-hydroxylation sites is 1. The largest absolute Gasteiger partial charge is 0.494 e. The van der Waals surface area contributed by atoms with Gasteiger partial charge < -0.3 is 15.0 Å². The van der Waals surface area contributed by atoms with E-state index < -0.39 is 0 Å². The lowest BCUT2D eigenvalue weighted by Gasteiger charge is -2.30. The smallest absolute Gasteiger partial charge is 0.257 e. The molecule has 0 aromatic heterocycles. The summed E-state index contributed by atoms with van der Waals surface area (Å²) in [5.41, 5.74) is 1.61. The number of carbonyl (C=O) groups excluding carboxylic acids is 2. The van der Waals surface area contributed by atoms with Gasteiger partial charge in [-0.05, 0) is 73.8 Å². The van der Waals surface area contributed by atoms with Crippen LogP contribution in [0.2, 0.25) is 0 Å². The molecule has 1 aliphatic rings. The molecular formula is C26H33N3O3S. The third-order valence-electron chi connectivity index (χ3n) is 5.84. The SMILES string of the molecule is CCCCCOc1ccc(C(=O)NC(=S)Nc2ccccc2C(=O)N2CCC(C)CC2)cc1. The van der Waals surface area contributed by atoms with Gasteiger partial charge in [0.1, 0.15) is 5.75 Å². The number of nitrogens with zero attached hydrogens (tertiary/aromatic N) is 1. The van der Waals surface area contributed by atoms with Crippen LogP contribution >= 0.6 is 12.2 Å². The molecule has 0 unspecified atom stereocenters. The van der Waals surface area contributed by atoms with E-state index in [0.717, 1.165) is 50.9 Å². The van der Waals surface area contributed by atoms with E-state index in [9.17, 15) is 9.59 Å². The fourth-order valence-electron chi connectivity index (χ4n) is 3.73. The number of ether oxygens (including phenoxy) is 1. The number of amides is 2. The van der Waals surface area contributed by atoms with Crippen molar-refractivity contribution >= 4 is 34.8 Å². The highest BCUT2D eigenvalue weighted by Gasteiger charge is 2.23. The first kappa shape index (κ1) is 24.7. The van der Waals surface area contributed by atoms with Gasteiger partial charge in [-0.15, -0.1) is 0 Å². The van der Waals surface area contributed by atoms with Gasteiger partial charge in [0.15, 0.2) is 5.11 Å². The Morgan fingerprint density at radius 1 is 1.06 bits per heavy atom. The Labute approximate surface area is 201 Å². The van der Waals surface area contributed by atoms with Gasteiger partial charge in [0.2, 0.25) is 0 Å². The second kappa shape index (κ2) is 12.3. The van der Waals surface area contributed by atoms with E-state index >= 15 is 0 Å². The van der Waals surface area contributed by atoms with Crippen LogP contribution in [0, 0.1) is 5.92 Å². The van der Waals surface area contributed by atoms with E-state index in [4.69, 9.17) is 17.0 Å². The molecule has 2 N–H and O–H groups in total. The summed E-state index contributed by atoms with van der Waals surface area (Å²) in [5, 5.41) is 5.86. The van der Waals surface area contributed by atoms with Gasteiger partial charge in [0.25, 0.3) is 11.8 Å². The van der Waals surface area contributed by atoms with Crippen LogP contribution in [-0.2, 0) is 0 Å². The first-order valence-corrected chi connectivity index (χ1v) is 12.1. The first-order valence-electron chi connectivity index (χ1n) is 11.7. The zero-order valence-electron chi connectivity index (χ0n) is 19.4. The maximum atomic E-state index is 13.0. The molecule has 2 aromatic carbocycles. The summed E-state index contributed by atoms with van der Waals surface area (Å²) in [6.07, 6.45) is 5.32. The number of anilines is 1. The van der Waals surface area contributed by atoms with E-state index in [2.05, 4.69) is 24.5 Å². The van der Waals surface area contributed by atoms with Crippen molar-refractivity contribution < 1.29 is 14.3 Å². The monoisotopic (exact) mass is 467 g/mol. The number of hydrogen-bond donors (Lipinski definition) is 2. The molecule has 6 nitrogen and oxygen atoms in total. The number of nitrogens with one attached hydrogen (secondary N) is 2. The highest BCUT2D eigenvalue weighted by molar-refractivity contribution is 7.80. The minimum absolute atomic E-state index is 0.0198. The topological polar surface area (TPSA) is 70.7 Å². The molecule has 0 spiro atoms. The summed E-state index contributed by atoms with van der Waals surface area (Å²) in [6, 6.07) is 14.2. The Morgan fingerprint density at radius 2 is 1.76 bits per heavy atom. The molecule has 2 aromatic rings. The molecule has 3 rings (SSSR count). The van der Waals surface area contributed by atoms with Crippen LogP contribution < -0.4 is 15.4 Å². The van der Waals surface area contributed by atoms with Crippen LogP contribution in [0.3, 0.4) is 0 Å². The third kappa shape index (κ3) is 7.29. The average molecular weight is 468 g/mol. The number of carbonyl (C=O) groups is 2. The molecule has 2 amide bonds. The number of likely N-dealkylation sites (tertiary alicyclic amines) is 1. The van der Waals surface area contributed by atoms with Crippen molar-refractivity contribution in [3.8, 4) is 5.75 Å². The van der Waals surface area contributed by atoms with Gasteiger partial charge in [-0.25, -0.2) is 0 Å². The molecule has 0 bridgehead atoms. The standard InChI is InChI=1S/C26H33N3O3S/c1-3-4-7-18-32-21-12-10-20(11-13-21)24(30)28-26(33)27-23-9-6-5-8-22(23)25(31)29-16-14-19(2)15-17-29/h5-6,8-13,19H,3-4,7,14-18H2,1-2H3,(H2,27,28,30,33). The number of rotatable bonds is 8. The molecule has 1 heterocycles. The average Bonchev–Trinajstić information content (AvgIpc) is 2.82. The van der Waals surface area contributed by atoms with E-state index in [1.165, 1.54) is 0 Å². The predicted octanol–water partition coefficient (Wildman–Crippen LogP) is 5.25. The molecule has 1 aliphatic heterocycles. The van der Waals surface area contributed by atoms with Crippen molar-refractivity contribution in [2.45, 2.75) is 46.0 Å². The number of benzene rings is 2. The molecule has 0 atom stereocenters. The van der Waals surface area contributed by atoms with Crippen molar-refractivity contribution in [3.63, 3.8) is 0 Å². The minimum atomic E-state index is -0.321. The molecule has 176 valence electrons. The maximum absolute atomic E-state index is 13.0. The molecular weight excluding hydrogens is 434 g/mol. The predicted molar refractivity (Wildman–Crippen MR) is 136 cm³/mol. The Morgan fingerprint density at radius 3 is 2.45 bits per heavy atom. The summed E-state index contributed by atoms with van der Waals surface area (Å²) in [6.45, 7) is 6.55. The number of unbranched alkanes of at least 4 members (excludes halogenated alkanes) is 2. The molecule has 7 heteroatoms. The van der Waals surface area contributed by atoms with E-state index in [-0.39, 0.29) is 16.9 Å². The van der Waals surface area contributed by atoms with Crippen LogP contribution in [0.4, 0.5) is 5.69 Å². The second-order valence-electron chi connectivity index (χ2n) is 8.51. The molecule has 1 fully saturated rings. The van der Waals surface area contributed by atoms with Gasteiger partial charge in [-0.1, -0.05) is 38.8 Å². The van der Waals surface area contributed by atoms with Crippen LogP contribution in [-0.4, -0.2) is 41.5 Å². The van der Waals surface area contributed by atoms with Crippen molar-refractivity contribution in [3.05, 3.63) is 59.7 Å². The molecule has 0 radical (unpaired) electrons. The van der Waals surface area contributed by atoms with Crippen molar-refractivity contribution in [1.29, 1.82) is 0 Å².